The van der Waals surface area contributed by atoms with E-state index in [2.05, 4.69) is 6.92 Å². The lowest BCUT2D eigenvalue weighted by molar-refractivity contribution is 0.282. The molecule has 1 N–H and O–H groups in total. The number of unbranched alkanes of at least 4 members (excludes halogenated alkanes) is 4. The van der Waals surface area contributed by atoms with Crippen molar-refractivity contribution in [3.8, 4) is 0 Å². The van der Waals surface area contributed by atoms with Gasteiger partial charge in [0.15, 0.2) is 0 Å². The molecule has 13 heavy (non-hydrogen) atoms. The molecule has 0 rings (SSSR count). The van der Waals surface area contributed by atoms with E-state index in [0.29, 0.717) is 12.0 Å². The molecule has 2 heteroatoms. The molecule has 0 bridgehead atoms. The second-order valence-corrected chi connectivity index (χ2v) is 4.28. The van der Waals surface area contributed by atoms with Crippen molar-refractivity contribution in [3.63, 3.8) is 0 Å². The van der Waals surface area contributed by atoms with Gasteiger partial charge in [-0.1, -0.05) is 39.0 Å². The van der Waals surface area contributed by atoms with Crippen molar-refractivity contribution in [1.82, 2.24) is 0 Å². The summed E-state index contributed by atoms with van der Waals surface area (Å²) >= 11 is 6.13. The molecular formula is C11H23ClO. The van der Waals surface area contributed by atoms with Crippen molar-refractivity contribution in [3.05, 3.63) is 0 Å². The van der Waals surface area contributed by atoms with Crippen LogP contribution in [-0.2, 0) is 0 Å². The van der Waals surface area contributed by atoms with Crippen LogP contribution < -0.4 is 0 Å². The van der Waals surface area contributed by atoms with Crippen LogP contribution in [0, 0.1) is 0 Å². The standard InChI is InChI=1S/C11H23ClO/c1-2-3-5-8-11(12)9-6-4-7-10-13/h11,13H,2-10H2,1H3. The lowest BCUT2D eigenvalue weighted by Crippen LogP contribution is -1.98. The molecule has 0 aromatic rings. The third kappa shape index (κ3) is 10.2. The van der Waals surface area contributed by atoms with Crippen LogP contribution in [0.5, 0.6) is 0 Å². The molecule has 0 saturated carbocycles. The van der Waals surface area contributed by atoms with Crippen LogP contribution in [-0.4, -0.2) is 17.1 Å². The highest BCUT2D eigenvalue weighted by Crippen LogP contribution is 2.15. The van der Waals surface area contributed by atoms with Crippen molar-refractivity contribution in [2.24, 2.45) is 0 Å². The zero-order valence-corrected chi connectivity index (χ0v) is 9.52. The zero-order chi connectivity index (χ0) is 9.94. The van der Waals surface area contributed by atoms with Gasteiger partial charge in [0.05, 0.1) is 0 Å². The van der Waals surface area contributed by atoms with Gasteiger partial charge in [-0.3, -0.25) is 0 Å². The maximum absolute atomic E-state index is 8.57. The summed E-state index contributed by atoms with van der Waals surface area (Å²) in [4.78, 5) is 0. The van der Waals surface area contributed by atoms with Crippen LogP contribution in [0.15, 0.2) is 0 Å². The fourth-order valence-electron chi connectivity index (χ4n) is 1.41. The van der Waals surface area contributed by atoms with Crippen molar-refractivity contribution in [2.45, 2.75) is 63.7 Å². The summed E-state index contributed by atoms with van der Waals surface area (Å²) in [7, 11) is 0. The van der Waals surface area contributed by atoms with E-state index in [4.69, 9.17) is 16.7 Å². The molecule has 1 unspecified atom stereocenters. The highest BCUT2D eigenvalue weighted by molar-refractivity contribution is 6.20. The second-order valence-electron chi connectivity index (χ2n) is 3.67. The van der Waals surface area contributed by atoms with Crippen LogP contribution in [0.25, 0.3) is 0 Å². The first-order chi connectivity index (χ1) is 6.31. The summed E-state index contributed by atoms with van der Waals surface area (Å²) in [5.41, 5.74) is 0. The number of hydrogen-bond donors (Lipinski definition) is 1. The first kappa shape index (κ1) is 13.2. The summed E-state index contributed by atoms with van der Waals surface area (Å²) in [6.07, 6.45) is 9.34. The Morgan fingerprint density at radius 2 is 1.62 bits per heavy atom. The van der Waals surface area contributed by atoms with Gasteiger partial charge >= 0.3 is 0 Å². The number of hydrogen-bond acceptors (Lipinski definition) is 1. The van der Waals surface area contributed by atoms with Gasteiger partial charge in [-0.25, -0.2) is 0 Å². The molecule has 0 saturated heterocycles. The quantitative estimate of drug-likeness (QED) is 0.450. The Bertz CT molecular complexity index is 96.1. The zero-order valence-electron chi connectivity index (χ0n) is 8.77. The molecule has 1 atom stereocenters. The smallest absolute Gasteiger partial charge is 0.0431 e. The number of rotatable bonds is 9. The first-order valence-corrected chi connectivity index (χ1v) is 5.99. The minimum Gasteiger partial charge on any atom is -0.396 e. The van der Waals surface area contributed by atoms with E-state index in [1.54, 1.807) is 0 Å². The predicted molar refractivity (Wildman–Crippen MR) is 59.3 cm³/mol. The summed E-state index contributed by atoms with van der Waals surface area (Å²) in [6, 6.07) is 0. The van der Waals surface area contributed by atoms with Gasteiger partial charge in [-0.05, 0) is 19.3 Å². The van der Waals surface area contributed by atoms with Gasteiger partial charge in [0.2, 0.25) is 0 Å². The van der Waals surface area contributed by atoms with Crippen LogP contribution in [0.3, 0.4) is 0 Å². The van der Waals surface area contributed by atoms with E-state index in [1.165, 1.54) is 25.7 Å². The molecule has 0 fully saturated rings. The fourth-order valence-corrected chi connectivity index (χ4v) is 1.72. The Labute approximate surface area is 87.5 Å². The normalized spacial score (nSPS) is 13.2. The Hall–Kier alpha value is 0.250. The van der Waals surface area contributed by atoms with Crippen LogP contribution in [0.2, 0.25) is 0 Å². The lowest BCUT2D eigenvalue weighted by atomic mass is 10.1. The van der Waals surface area contributed by atoms with Crippen LogP contribution >= 0.6 is 11.6 Å². The Kier molecular flexibility index (Phi) is 10.5. The molecule has 80 valence electrons. The van der Waals surface area contributed by atoms with Gasteiger partial charge in [-0.2, -0.15) is 0 Å². The highest BCUT2D eigenvalue weighted by Gasteiger charge is 2.03. The molecule has 0 aliphatic heterocycles. The van der Waals surface area contributed by atoms with Crippen molar-refractivity contribution < 1.29 is 5.11 Å². The highest BCUT2D eigenvalue weighted by atomic mass is 35.5. The Balaban J connectivity index is 3.05. The number of alkyl halides is 1. The van der Waals surface area contributed by atoms with Crippen LogP contribution in [0.1, 0.15) is 58.3 Å². The number of aliphatic hydroxyl groups is 1. The summed E-state index contributed by atoms with van der Waals surface area (Å²) in [5.74, 6) is 0. The van der Waals surface area contributed by atoms with Crippen LogP contribution in [0.4, 0.5) is 0 Å². The largest absolute Gasteiger partial charge is 0.396 e. The predicted octanol–water partition coefficient (Wildman–Crippen LogP) is 3.73. The molecule has 0 spiro atoms. The van der Waals surface area contributed by atoms with Gasteiger partial charge in [-0.15, -0.1) is 11.6 Å². The topological polar surface area (TPSA) is 20.2 Å². The molecule has 0 aromatic carbocycles. The molecule has 0 aliphatic carbocycles. The van der Waals surface area contributed by atoms with Crippen molar-refractivity contribution >= 4 is 11.6 Å². The maximum Gasteiger partial charge on any atom is 0.0431 e. The second kappa shape index (κ2) is 10.3. The monoisotopic (exact) mass is 206 g/mol. The summed E-state index contributed by atoms with van der Waals surface area (Å²) < 4.78 is 0. The van der Waals surface area contributed by atoms with E-state index in [-0.39, 0.29) is 0 Å². The van der Waals surface area contributed by atoms with Gasteiger partial charge in [0.25, 0.3) is 0 Å². The molecule has 0 heterocycles. The summed E-state index contributed by atoms with van der Waals surface area (Å²) in [5, 5.41) is 8.94. The van der Waals surface area contributed by atoms with E-state index in [9.17, 15) is 0 Å². The molecule has 0 amide bonds. The Morgan fingerprint density at radius 3 is 2.15 bits per heavy atom. The van der Waals surface area contributed by atoms with E-state index in [1.807, 2.05) is 0 Å². The SMILES string of the molecule is CCCCCC(Cl)CCCCCO. The van der Waals surface area contributed by atoms with E-state index < -0.39 is 0 Å². The molecular weight excluding hydrogens is 184 g/mol. The molecule has 0 aliphatic rings. The third-order valence-corrected chi connectivity index (χ3v) is 2.73. The third-order valence-electron chi connectivity index (χ3n) is 2.30. The molecule has 0 radical (unpaired) electrons. The molecule has 0 aromatic heterocycles. The fraction of sp³-hybridized carbons (Fsp3) is 1.00. The first-order valence-electron chi connectivity index (χ1n) is 5.56. The van der Waals surface area contributed by atoms with E-state index in [0.717, 1.165) is 25.7 Å². The average molecular weight is 207 g/mol. The lowest BCUT2D eigenvalue weighted by Gasteiger charge is -2.07. The van der Waals surface area contributed by atoms with Crippen molar-refractivity contribution in [2.75, 3.05) is 6.61 Å². The minimum atomic E-state index is 0.322. The minimum absolute atomic E-state index is 0.322. The number of aliphatic hydroxyl groups excluding tert-OH is 1. The maximum atomic E-state index is 8.57. The van der Waals surface area contributed by atoms with Crippen molar-refractivity contribution in [1.29, 1.82) is 0 Å². The molecule has 1 nitrogen and oxygen atoms in total. The Morgan fingerprint density at radius 1 is 1.00 bits per heavy atom. The summed E-state index contributed by atoms with van der Waals surface area (Å²) in [6.45, 7) is 2.53. The van der Waals surface area contributed by atoms with Gasteiger partial charge < -0.3 is 5.11 Å². The number of halogens is 1. The van der Waals surface area contributed by atoms with Gasteiger partial charge in [0.1, 0.15) is 0 Å². The van der Waals surface area contributed by atoms with Gasteiger partial charge in [0, 0.05) is 12.0 Å². The average Bonchev–Trinajstić information content (AvgIpc) is 2.13. The van der Waals surface area contributed by atoms with E-state index >= 15 is 0 Å².